The number of aliphatic imine (C=N–C) groups is 1. The molecule has 5 nitrogen and oxygen atoms in total. The Labute approximate surface area is 169 Å². The lowest BCUT2D eigenvalue weighted by Crippen LogP contribution is -1.99. The van der Waals surface area contributed by atoms with E-state index in [0.29, 0.717) is 12.4 Å². The van der Waals surface area contributed by atoms with Crippen LogP contribution in [0.1, 0.15) is 11.5 Å². The van der Waals surface area contributed by atoms with Gasteiger partial charge in [0.25, 0.3) is 0 Å². The molecule has 5 aromatic rings. The fourth-order valence-corrected chi connectivity index (χ4v) is 3.76. The maximum Gasteiger partial charge on any atom is 0.342 e. The SMILES string of the molecule is Brc1ccccc1/C=N/c1nnc(Cn2c3ccccc3c3ccccc32)o1. The third kappa shape index (κ3) is 3.01. The van der Waals surface area contributed by atoms with Gasteiger partial charge in [-0.3, -0.25) is 0 Å². The van der Waals surface area contributed by atoms with Crippen molar-refractivity contribution in [1.82, 2.24) is 14.8 Å². The molecule has 0 bridgehead atoms. The maximum absolute atomic E-state index is 5.76. The number of aromatic nitrogens is 3. The largest absolute Gasteiger partial charge is 0.405 e. The number of hydrogen-bond donors (Lipinski definition) is 0. The summed E-state index contributed by atoms with van der Waals surface area (Å²) in [6.45, 7) is 0.492. The third-order valence-electron chi connectivity index (χ3n) is 4.65. The Morgan fingerprint density at radius 2 is 1.50 bits per heavy atom. The van der Waals surface area contributed by atoms with Gasteiger partial charge in [-0.2, -0.15) is 0 Å². The molecule has 0 aliphatic carbocycles. The van der Waals surface area contributed by atoms with E-state index < -0.39 is 0 Å². The van der Waals surface area contributed by atoms with Crippen molar-refractivity contribution in [2.75, 3.05) is 0 Å². The Balaban J connectivity index is 1.48. The molecule has 6 heteroatoms. The minimum atomic E-state index is 0.242. The zero-order valence-corrected chi connectivity index (χ0v) is 16.4. The maximum atomic E-state index is 5.76. The normalized spacial score (nSPS) is 11.8. The summed E-state index contributed by atoms with van der Waals surface area (Å²) in [7, 11) is 0. The standard InChI is InChI=1S/C22H15BrN4O/c23-18-10-4-1-7-15(18)13-24-22-26-25-21(28-22)14-27-19-11-5-2-8-16(19)17-9-3-6-12-20(17)27/h1-13H,14H2/b24-13+. The first-order valence-electron chi connectivity index (χ1n) is 8.86. The lowest BCUT2D eigenvalue weighted by atomic mass is 10.2. The van der Waals surface area contributed by atoms with Crippen LogP contribution in [0.15, 0.2) is 86.7 Å². The molecule has 0 unspecified atom stereocenters. The summed E-state index contributed by atoms with van der Waals surface area (Å²) in [5, 5.41) is 10.7. The van der Waals surface area contributed by atoms with Crippen LogP contribution in [0, 0.1) is 0 Å². The van der Waals surface area contributed by atoms with E-state index in [9.17, 15) is 0 Å². The highest BCUT2D eigenvalue weighted by molar-refractivity contribution is 9.10. The molecule has 3 aromatic carbocycles. The van der Waals surface area contributed by atoms with Crippen LogP contribution in [0.5, 0.6) is 0 Å². The van der Waals surface area contributed by atoms with E-state index >= 15 is 0 Å². The molecule has 0 aliphatic heterocycles. The first-order chi connectivity index (χ1) is 13.8. The highest BCUT2D eigenvalue weighted by Gasteiger charge is 2.13. The molecule has 2 heterocycles. The van der Waals surface area contributed by atoms with Crippen molar-refractivity contribution >= 4 is 50.0 Å². The van der Waals surface area contributed by atoms with Crippen molar-refractivity contribution in [3.8, 4) is 0 Å². The van der Waals surface area contributed by atoms with Crippen molar-refractivity contribution in [2.24, 2.45) is 4.99 Å². The Morgan fingerprint density at radius 1 is 0.857 bits per heavy atom. The lowest BCUT2D eigenvalue weighted by molar-refractivity contribution is 0.492. The second-order valence-electron chi connectivity index (χ2n) is 6.38. The van der Waals surface area contributed by atoms with Gasteiger partial charge in [-0.15, -0.1) is 5.10 Å². The van der Waals surface area contributed by atoms with E-state index in [1.807, 2.05) is 36.4 Å². The minimum Gasteiger partial charge on any atom is -0.405 e. The zero-order chi connectivity index (χ0) is 18.9. The Bertz CT molecular complexity index is 1270. The van der Waals surface area contributed by atoms with E-state index in [2.05, 4.69) is 72.1 Å². The first-order valence-corrected chi connectivity index (χ1v) is 9.66. The van der Waals surface area contributed by atoms with Crippen LogP contribution in [0.3, 0.4) is 0 Å². The fourth-order valence-electron chi connectivity index (χ4n) is 3.37. The van der Waals surface area contributed by atoms with Gasteiger partial charge in [0.2, 0.25) is 5.89 Å². The molecule has 0 N–H and O–H groups in total. The molecule has 0 amide bonds. The topological polar surface area (TPSA) is 56.2 Å². The molecular formula is C22H15BrN4O. The van der Waals surface area contributed by atoms with Crippen LogP contribution in [0.4, 0.5) is 6.01 Å². The van der Waals surface area contributed by atoms with Gasteiger partial charge < -0.3 is 8.98 Å². The number of benzene rings is 3. The summed E-state index contributed by atoms with van der Waals surface area (Å²) in [5.74, 6) is 0.519. The van der Waals surface area contributed by atoms with Gasteiger partial charge in [-0.25, -0.2) is 4.99 Å². The molecule has 5 rings (SSSR count). The van der Waals surface area contributed by atoms with Crippen LogP contribution in [-0.2, 0) is 6.54 Å². The molecule has 28 heavy (non-hydrogen) atoms. The van der Waals surface area contributed by atoms with Crippen LogP contribution in [0.25, 0.3) is 21.8 Å². The quantitative estimate of drug-likeness (QED) is 0.341. The predicted molar refractivity (Wildman–Crippen MR) is 114 cm³/mol. The highest BCUT2D eigenvalue weighted by atomic mass is 79.9. The second kappa shape index (κ2) is 7.05. The molecule has 0 saturated carbocycles. The molecule has 0 fully saturated rings. The number of rotatable bonds is 4. The van der Waals surface area contributed by atoms with Crippen LogP contribution < -0.4 is 0 Å². The first kappa shape index (κ1) is 16.9. The number of hydrogen-bond acceptors (Lipinski definition) is 4. The van der Waals surface area contributed by atoms with Gasteiger partial charge in [0.15, 0.2) is 0 Å². The molecule has 0 atom stereocenters. The van der Waals surface area contributed by atoms with Crippen molar-refractivity contribution < 1.29 is 4.42 Å². The van der Waals surface area contributed by atoms with Gasteiger partial charge in [0.1, 0.15) is 6.54 Å². The highest BCUT2D eigenvalue weighted by Crippen LogP contribution is 2.29. The Morgan fingerprint density at radius 3 is 2.21 bits per heavy atom. The summed E-state index contributed by atoms with van der Waals surface area (Å²) >= 11 is 3.50. The van der Waals surface area contributed by atoms with Crippen molar-refractivity contribution in [3.05, 3.63) is 88.7 Å². The molecule has 0 saturated heterocycles. The number of nitrogens with zero attached hydrogens (tertiary/aromatic N) is 4. The summed E-state index contributed by atoms with van der Waals surface area (Å²) < 4.78 is 8.92. The molecule has 0 radical (unpaired) electrons. The van der Waals surface area contributed by atoms with E-state index in [-0.39, 0.29) is 6.01 Å². The van der Waals surface area contributed by atoms with Crippen molar-refractivity contribution in [2.45, 2.75) is 6.54 Å². The molecule has 0 spiro atoms. The van der Waals surface area contributed by atoms with Crippen LogP contribution in [0.2, 0.25) is 0 Å². The summed E-state index contributed by atoms with van der Waals surface area (Å²) in [6.07, 6.45) is 1.71. The van der Waals surface area contributed by atoms with E-state index in [0.717, 1.165) is 21.1 Å². The van der Waals surface area contributed by atoms with E-state index in [1.165, 1.54) is 10.8 Å². The van der Waals surface area contributed by atoms with E-state index in [4.69, 9.17) is 4.42 Å². The Hall–Kier alpha value is -3.25. The average Bonchev–Trinajstić information content (AvgIpc) is 3.31. The minimum absolute atomic E-state index is 0.242. The molecule has 2 aromatic heterocycles. The number of para-hydroxylation sites is 2. The van der Waals surface area contributed by atoms with Crippen LogP contribution in [-0.4, -0.2) is 21.0 Å². The third-order valence-corrected chi connectivity index (χ3v) is 5.37. The fraction of sp³-hybridized carbons (Fsp3) is 0.0455. The van der Waals surface area contributed by atoms with Gasteiger partial charge in [-0.1, -0.05) is 75.6 Å². The van der Waals surface area contributed by atoms with Crippen LogP contribution >= 0.6 is 15.9 Å². The zero-order valence-electron chi connectivity index (χ0n) is 14.8. The summed E-state index contributed by atoms with van der Waals surface area (Å²) in [5.41, 5.74) is 3.23. The van der Waals surface area contributed by atoms with Gasteiger partial charge in [0.05, 0.1) is 0 Å². The molecule has 136 valence electrons. The van der Waals surface area contributed by atoms with Crippen molar-refractivity contribution in [3.63, 3.8) is 0 Å². The van der Waals surface area contributed by atoms with Crippen molar-refractivity contribution in [1.29, 1.82) is 0 Å². The van der Waals surface area contributed by atoms with Gasteiger partial charge >= 0.3 is 6.01 Å². The molecule has 0 aliphatic rings. The predicted octanol–water partition coefficient (Wildman–Crippen LogP) is 5.74. The smallest absolute Gasteiger partial charge is 0.342 e. The average molecular weight is 431 g/mol. The summed E-state index contributed by atoms with van der Waals surface area (Å²) in [6, 6.07) is 24.8. The number of halogens is 1. The van der Waals surface area contributed by atoms with E-state index in [1.54, 1.807) is 6.21 Å². The number of fused-ring (bicyclic) bond motifs is 3. The summed E-state index contributed by atoms with van der Waals surface area (Å²) in [4.78, 5) is 4.31. The second-order valence-corrected chi connectivity index (χ2v) is 7.23. The monoisotopic (exact) mass is 430 g/mol. The van der Waals surface area contributed by atoms with Gasteiger partial charge in [0, 0.05) is 38.1 Å². The molecular weight excluding hydrogens is 416 g/mol. The Kier molecular flexibility index (Phi) is 4.25. The lowest BCUT2D eigenvalue weighted by Gasteiger charge is -2.03. The van der Waals surface area contributed by atoms with Gasteiger partial charge in [-0.05, 0) is 18.2 Å².